The van der Waals surface area contributed by atoms with Gasteiger partial charge in [-0.25, -0.2) is 11.3 Å². The molecule has 1 aliphatic rings. The Kier molecular flexibility index (Phi) is 9.66. The molecule has 1 heterocycles. The molecule has 1 aliphatic carbocycles. The maximum atomic E-state index is 5.90. The summed E-state index contributed by atoms with van der Waals surface area (Å²) in [7, 11) is 0. The van der Waals surface area contributed by atoms with Gasteiger partial charge in [-0.05, 0) is 37.1 Å². The van der Waals surface area contributed by atoms with Crippen molar-refractivity contribution in [1.82, 2.24) is 0 Å². The van der Waals surface area contributed by atoms with Gasteiger partial charge in [-0.2, -0.15) is 17.7 Å². The van der Waals surface area contributed by atoms with Crippen LogP contribution in [0.3, 0.4) is 0 Å². The predicted molar refractivity (Wildman–Crippen MR) is 65.1 cm³/mol. The molecule has 18 heavy (non-hydrogen) atoms. The van der Waals surface area contributed by atoms with E-state index >= 15 is 0 Å². The Morgan fingerprint density at radius 3 is 2.44 bits per heavy atom. The largest absolute Gasteiger partial charge is 3.00 e. The molecule has 5 heteroatoms. The second-order valence-corrected chi connectivity index (χ2v) is 5.44. The van der Waals surface area contributed by atoms with Crippen LogP contribution >= 0.6 is 11.3 Å². The van der Waals surface area contributed by atoms with Crippen molar-refractivity contribution in [3.05, 3.63) is 34.6 Å². The minimum atomic E-state index is -0.140. The zero-order chi connectivity index (χ0) is 10.9. The fourth-order valence-corrected chi connectivity index (χ4v) is 2.29. The number of ether oxygens (including phenoxy) is 1. The number of hydrogen-bond acceptors (Lipinski definition) is 2. The van der Waals surface area contributed by atoms with Crippen LogP contribution in [-0.2, 0) is 21.7 Å². The summed E-state index contributed by atoms with van der Waals surface area (Å²) >= 11 is 1.71. The van der Waals surface area contributed by atoms with E-state index in [0.29, 0.717) is 0 Å². The maximum absolute atomic E-state index is 5.90. The van der Waals surface area contributed by atoms with E-state index in [9.17, 15) is 0 Å². The fraction of sp³-hybridized carbons (Fsp3) is 0.385. The number of thiophene rings is 1. The van der Waals surface area contributed by atoms with E-state index < -0.39 is 0 Å². The smallest absolute Gasteiger partial charge is 1.00 e. The van der Waals surface area contributed by atoms with E-state index in [2.05, 4.69) is 44.4 Å². The van der Waals surface area contributed by atoms with Gasteiger partial charge < -0.3 is 29.6 Å². The van der Waals surface area contributed by atoms with Gasteiger partial charge in [-0.1, -0.05) is 6.42 Å². The first-order valence-electron chi connectivity index (χ1n) is 5.10. The standard InChI is InChI=1S/C13H15OS.2ClH.Ti/c1-13(2,3)14-11-8-9-15-12(11)10-6-4-5-7-10;;;/h4,6,8-9H,5H2,1-3H3;2*1H;/q-1;;;+3/p-2. The van der Waals surface area contributed by atoms with Gasteiger partial charge in [-0.3, -0.25) is 0 Å². The third-order valence-corrected chi connectivity index (χ3v) is 2.91. The zero-order valence-corrected chi connectivity index (χ0v) is 14.5. The summed E-state index contributed by atoms with van der Waals surface area (Å²) in [6, 6.07) is 2.03. The molecule has 0 amide bonds. The van der Waals surface area contributed by atoms with Gasteiger partial charge in [0.15, 0.2) is 0 Å². The zero-order valence-electron chi connectivity index (χ0n) is 10.6. The Morgan fingerprint density at radius 2 is 1.94 bits per heavy atom. The van der Waals surface area contributed by atoms with Crippen LogP contribution in [0.4, 0.5) is 0 Å². The molecule has 2 rings (SSSR count). The summed E-state index contributed by atoms with van der Waals surface area (Å²) in [4.78, 5) is 1.19. The van der Waals surface area contributed by atoms with Crippen LogP contribution < -0.4 is 29.6 Å². The van der Waals surface area contributed by atoms with Crippen molar-refractivity contribution in [2.24, 2.45) is 0 Å². The Bertz CT molecular complexity index is 419. The van der Waals surface area contributed by atoms with Crippen molar-refractivity contribution in [2.75, 3.05) is 0 Å². The van der Waals surface area contributed by atoms with Crippen molar-refractivity contribution in [1.29, 1.82) is 0 Å². The Hall–Kier alpha value is 0.274. The van der Waals surface area contributed by atoms with Gasteiger partial charge >= 0.3 is 21.7 Å². The van der Waals surface area contributed by atoms with Crippen molar-refractivity contribution < 1.29 is 51.3 Å². The number of rotatable bonds is 2. The van der Waals surface area contributed by atoms with Crippen LogP contribution in [0.1, 0.15) is 32.1 Å². The van der Waals surface area contributed by atoms with E-state index in [4.69, 9.17) is 4.74 Å². The monoisotopic (exact) mass is 337 g/mol. The molecule has 1 aromatic heterocycles. The van der Waals surface area contributed by atoms with Gasteiger partial charge in [0.1, 0.15) is 0 Å². The van der Waals surface area contributed by atoms with E-state index in [-0.39, 0.29) is 52.1 Å². The molecule has 0 saturated heterocycles. The molecular formula is C13H15Cl2OSTi. The van der Waals surface area contributed by atoms with Gasteiger partial charge in [0.05, 0.1) is 11.4 Å². The first-order valence-corrected chi connectivity index (χ1v) is 5.98. The molecule has 0 N–H and O–H groups in total. The average Bonchev–Trinajstić information content (AvgIpc) is 2.68. The van der Waals surface area contributed by atoms with Crippen molar-refractivity contribution in [2.45, 2.75) is 32.8 Å². The van der Waals surface area contributed by atoms with E-state index in [1.54, 1.807) is 11.3 Å². The van der Waals surface area contributed by atoms with Crippen LogP contribution in [0.2, 0.25) is 0 Å². The fourth-order valence-electron chi connectivity index (χ4n) is 1.46. The first-order chi connectivity index (χ1) is 7.06. The normalized spacial score (nSPS) is 12.9. The molecule has 1 aromatic rings. The minimum Gasteiger partial charge on any atom is -1.00 e. The van der Waals surface area contributed by atoms with Crippen molar-refractivity contribution in [3.8, 4) is 5.75 Å². The van der Waals surface area contributed by atoms with Crippen LogP contribution in [-0.4, -0.2) is 5.60 Å². The molecule has 1 radical (unpaired) electrons. The van der Waals surface area contributed by atoms with Gasteiger partial charge in [0.25, 0.3) is 0 Å². The molecule has 0 unspecified atom stereocenters. The third kappa shape index (κ3) is 5.50. The van der Waals surface area contributed by atoms with Crippen molar-refractivity contribution >= 4 is 16.9 Å². The molecule has 0 bridgehead atoms. The van der Waals surface area contributed by atoms with Gasteiger partial charge in [-0.15, -0.1) is 6.08 Å². The van der Waals surface area contributed by atoms with Gasteiger partial charge in [0.2, 0.25) is 0 Å². The summed E-state index contributed by atoms with van der Waals surface area (Å²) in [6.07, 6.45) is 8.47. The van der Waals surface area contributed by atoms with Crippen LogP contribution in [0.15, 0.2) is 23.6 Å². The molecule has 0 fully saturated rings. The average molecular weight is 338 g/mol. The van der Waals surface area contributed by atoms with E-state index in [0.717, 1.165) is 12.2 Å². The van der Waals surface area contributed by atoms with E-state index in [1.165, 1.54) is 10.5 Å². The van der Waals surface area contributed by atoms with Crippen molar-refractivity contribution in [3.63, 3.8) is 0 Å². The summed E-state index contributed by atoms with van der Waals surface area (Å²) in [5.74, 6) is 0.974. The maximum Gasteiger partial charge on any atom is 3.00 e. The number of allylic oxidation sites excluding steroid dienone is 4. The molecule has 0 aromatic carbocycles. The van der Waals surface area contributed by atoms with Crippen LogP contribution in [0.25, 0.3) is 5.57 Å². The Morgan fingerprint density at radius 1 is 1.28 bits per heavy atom. The summed E-state index contributed by atoms with van der Waals surface area (Å²) in [6.45, 7) is 6.20. The predicted octanol–water partition coefficient (Wildman–Crippen LogP) is -1.92. The summed E-state index contributed by atoms with van der Waals surface area (Å²) < 4.78 is 5.90. The molecule has 0 aliphatic heterocycles. The first kappa shape index (κ1) is 20.6. The molecule has 97 valence electrons. The minimum absolute atomic E-state index is 0. The van der Waals surface area contributed by atoms with E-state index in [1.807, 2.05) is 6.07 Å². The topological polar surface area (TPSA) is 9.23 Å². The Balaban J connectivity index is 0. The molecule has 0 spiro atoms. The van der Waals surface area contributed by atoms with Crippen LogP contribution in [0.5, 0.6) is 5.75 Å². The number of halogens is 2. The second kappa shape index (κ2) is 8.45. The molecular weight excluding hydrogens is 323 g/mol. The van der Waals surface area contributed by atoms with Gasteiger partial charge in [0, 0.05) is 0 Å². The molecule has 1 nitrogen and oxygen atoms in total. The van der Waals surface area contributed by atoms with Crippen LogP contribution in [0, 0.1) is 6.08 Å². The summed E-state index contributed by atoms with van der Waals surface area (Å²) in [5, 5.41) is 2.07. The molecule has 0 atom stereocenters. The molecule has 0 saturated carbocycles. The Labute approximate surface area is 140 Å². The summed E-state index contributed by atoms with van der Waals surface area (Å²) in [5.41, 5.74) is 1.03. The third-order valence-electron chi connectivity index (χ3n) is 1.98. The quantitative estimate of drug-likeness (QED) is 0.451. The number of hydrogen-bond donors (Lipinski definition) is 0. The second-order valence-electron chi connectivity index (χ2n) is 4.53. The SMILES string of the molecule is CC(C)(C)Oc1ccsc1C1=[C-]CC=C1.[Cl-].[Cl-].[Ti+3].